The molecule has 0 spiro atoms. The predicted octanol–water partition coefficient (Wildman–Crippen LogP) is 6.02. The number of nitrogens with one attached hydrogen (secondary N) is 1. The number of aryl methyl sites for hydroxylation is 2. The summed E-state index contributed by atoms with van der Waals surface area (Å²) in [5.41, 5.74) is 3.73. The number of benzene rings is 3. The molecule has 4 rings (SSSR count). The summed E-state index contributed by atoms with van der Waals surface area (Å²) in [6.45, 7) is 3.77. The molecule has 3 aromatic carbocycles. The number of amides is 2. The van der Waals surface area contributed by atoms with Crippen molar-refractivity contribution in [1.82, 2.24) is 0 Å². The van der Waals surface area contributed by atoms with Gasteiger partial charge in [0.15, 0.2) is 0 Å². The fraction of sp³-hybridized carbons (Fsp3) is 0.148. The van der Waals surface area contributed by atoms with Gasteiger partial charge in [0.1, 0.15) is 16.7 Å². The Balaban J connectivity index is 1.77. The zero-order chi connectivity index (χ0) is 24.2. The Morgan fingerprint density at radius 1 is 1.03 bits per heavy atom. The molecule has 1 aliphatic rings. The molecule has 1 heterocycles. The molecule has 1 N–H and O–H groups in total. The lowest BCUT2D eigenvalue weighted by Crippen LogP contribution is -2.31. The fourth-order valence-electron chi connectivity index (χ4n) is 3.78. The van der Waals surface area contributed by atoms with Crippen LogP contribution in [0.4, 0.5) is 11.4 Å². The SMILES string of the molecule is Cc1ccccc1NC(=O)C(C#N)=C1SC(Cc2ccccc2Cl)C(=O)N1c1ccccc1C. The maximum Gasteiger partial charge on any atom is 0.269 e. The van der Waals surface area contributed by atoms with Crippen LogP contribution in [0.15, 0.2) is 83.4 Å². The highest BCUT2D eigenvalue weighted by atomic mass is 35.5. The normalized spacial score (nSPS) is 16.8. The van der Waals surface area contributed by atoms with Gasteiger partial charge in [-0.25, -0.2) is 0 Å². The van der Waals surface area contributed by atoms with E-state index in [0.29, 0.717) is 27.8 Å². The summed E-state index contributed by atoms with van der Waals surface area (Å²) in [5, 5.41) is 13.2. The first kappa shape index (κ1) is 23.6. The van der Waals surface area contributed by atoms with Crippen LogP contribution < -0.4 is 10.2 Å². The number of hydrogen-bond donors (Lipinski definition) is 1. The van der Waals surface area contributed by atoms with Crippen molar-refractivity contribution in [2.75, 3.05) is 10.2 Å². The Kier molecular flexibility index (Phi) is 7.06. The second kappa shape index (κ2) is 10.2. The van der Waals surface area contributed by atoms with E-state index in [9.17, 15) is 14.9 Å². The zero-order valence-corrected chi connectivity index (χ0v) is 20.3. The Morgan fingerprint density at radius 2 is 1.68 bits per heavy atom. The third kappa shape index (κ3) is 4.72. The van der Waals surface area contributed by atoms with E-state index in [-0.39, 0.29) is 11.5 Å². The van der Waals surface area contributed by atoms with Gasteiger partial charge in [-0.3, -0.25) is 14.5 Å². The van der Waals surface area contributed by atoms with Crippen molar-refractivity contribution in [3.63, 3.8) is 0 Å². The maximum absolute atomic E-state index is 13.6. The molecule has 0 aliphatic carbocycles. The van der Waals surface area contributed by atoms with Crippen LogP contribution in [0.2, 0.25) is 5.02 Å². The van der Waals surface area contributed by atoms with E-state index in [1.165, 1.54) is 16.7 Å². The van der Waals surface area contributed by atoms with Crippen molar-refractivity contribution in [2.24, 2.45) is 0 Å². The summed E-state index contributed by atoms with van der Waals surface area (Å²) >= 11 is 7.57. The van der Waals surface area contributed by atoms with Crippen LogP contribution in [0.25, 0.3) is 0 Å². The van der Waals surface area contributed by atoms with Crippen molar-refractivity contribution < 1.29 is 9.59 Å². The molecule has 1 fully saturated rings. The van der Waals surface area contributed by atoms with Gasteiger partial charge in [0.05, 0.1) is 10.9 Å². The molecule has 1 atom stereocenters. The molecule has 34 heavy (non-hydrogen) atoms. The van der Waals surface area contributed by atoms with Gasteiger partial charge >= 0.3 is 0 Å². The molecule has 1 saturated heterocycles. The average Bonchev–Trinajstić information content (AvgIpc) is 3.13. The van der Waals surface area contributed by atoms with E-state index < -0.39 is 11.2 Å². The number of thioether (sulfide) groups is 1. The van der Waals surface area contributed by atoms with Crippen LogP contribution in [0.1, 0.15) is 16.7 Å². The number of anilines is 2. The van der Waals surface area contributed by atoms with E-state index in [4.69, 9.17) is 11.6 Å². The van der Waals surface area contributed by atoms with Gasteiger partial charge in [-0.1, -0.05) is 78.0 Å². The Morgan fingerprint density at radius 3 is 2.35 bits per heavy atom. The van der Waals surface area contributed by atoms with E-state index in [1.54, 1.807) is 12.1 Å². The Hall–Kier alpha value is -3.53. The van der Waals surface area contributed by atoms with Crippen LogP contribution in [-0.4, -0.2) is 17.1 Å². The number of para-hydroxylation sites is 2. The number of hydrogen-bond acceptors (Lipinski definition) is 4. The van der Waals surface area contributed by atoms with Gasteiger partial charge in [-0.2, -0.15) is 5.26 Å². The lowest BCUT2D eigenvalue weighted by atomic mass is 10.1. The predicted molar refractivity (Wildman–Crippen MR) is 138 cm³/mol. The average molecular weight is 488 g/mol. The number of carbonyl (C=O) groups is 2. The van der Waals surface area contributed by atoms with Crippen LogP contribution in [0.3, 0.4) is 0 Å². The fourth-order valence-corrected chi connectivity index (χ4v) is 5.28. The van der Waals surface area contributed by atoms with Gasteiger partial charge in [0, 0.05) is 10.7 Å². The van der Waals surface area contributed by atoms with E-state index in [1.807, 2.05) is 80.6 Å². The van der Waals surface area contributed by atoms with E-state index in [0.717, 1.165) is 16.7 Å². The van der Waals surface area contributed by atoms with Crippen molar-refractivity contribution in [3.8, 4) is 6.07 Å². The van der Waals surface area contributed by atoms with Gasteiger partial charge in [0.25, 0.3) is 5.91 Å². The zero-order valence-electron chi connectivity index (χ0n) is 18.7. The molecular weight excluding hydrogens is 466 g/mol. The minimum atomic E-state index is -0.552. The second-order valence-corrected chi connectivity index (χ2v) is 9.52. The molecule has 3 aromatic rings. The van der Waals surface area contributed by atoms with Crippen LogP contribution in [0.5, 0.6) is 0 Å². The van der Waals surface area contributed by atoms with Crippen molar-refractivity contribution in [3.05, 3.63) is 105 Å². The van der Waals surface area contributed by atoms with Crippen LogP contribution in [-0.2, 0) is 16.0 Å². The van der Waals surface area contributed by atoms with Crippen LogP contribution in [0, 0.1) is 25.2 Å². The first-order chi connectivity index (χ1) is 16.4. The standard InChI is InChI=1S/C27H22ClN3O2S/c1-17-9-3-7-13-22(17)30-25(32)20(16-29)27-31(23-14-8-4-10-18(23)2)26(33)24(34-27)15-19-11-5-6-12-21(19)28/h3-14,24H,15H2,1-2H3,(H,30,32). The largest absolute Gasteiger partial charge is 0.321 e. The lowest BCUT2D eigenvalue weighted by molar-refractivity contribution is -0.117. The van der Waals surface area contributed by atoms with Crippen molar-refractivity contribution in [1.29, 1.82) is 5.26 Å². The molecule has 5 nitrogen and oxygen atoms in total. The van der Waals surface area contributed by atoms with Crippen molar-refractivity contribution in [2.45, 2.75) is 25.5 Å². The highest BCUT2D eigenvalue weighted by Crippen LogP contribution is 2.43. The summed E-state index contributed by atoms with van der Waals surface area (Å²) < 4.78 is 0. The van der Waals surface area contributed by atoms with Crippen molar-refractivity contribution >= 4 is 46.6 Å². The first-order valence-electron chi connectivity index (χ1n) is 10.7. The van der Waals surface area contributed by atoms with Gasteiger partial charge in [0.2, 0.25) is 5.91 Å². The Bertz CT molecular complexity index is 1350. The summed E-state index contributed by atoms with van der Waals surface area (Å²) in [6, 6.07) is 24.2. The minimum absolute atomic E-state index is 0.105. The number of halogens is 1. The van der Waals surface area contributed by atoms with Gasteiger partial charge < -0.3 is 5.32 Å². The summed E-state index contributed by atoms with van der Waals surface area (Å²) in [7, 11) is 0. The second-order valence-electron chi connectivity index (χ2n) is 7.92. The molecule has 1 aliphatic heterocycles. The molecular formula is C27H22ClN3O2S. The number of rotatable bonds is 5. The minimum Gasteiger partial charge on any atom is -0.321 e. The maximum atomic E-state index is 13.6. The number of nitriles is 1. The van der Waals surface area contributed by atoms with E-state index in [2.05, 4.69) is 5.32 Å². The molecule has 1 unspecified atom stereocenters. The third-order valence-corrected chi connectivity index (χ3v) is 7.25. The Labute approximate surface area is 208 Å². The lowest BCUT2D eigenvalue weighted by Gasteiger charge is -2.21. The highest BCUT2D eigenvalue weighted by molar-refractivity contribution is 8.05. The van der Waals surface area contributed by atoms with Gasteiger partial charge in [-0.05, 0) is 55.2 Å². The number of carbonyl (C=O) groups excluding carboxylic acids is 2. The quantitative estimate of drug-likeness (QED) is 0.352. The third-order valence-electron chi connectivity index (χ3n) is 5.62. The molecule has 0 saturated carbocycles. The molecule has 0 bridgehead atoms. The molecule has 170 valence electrons. The summed E-state index contributed by atoms with van der Waals surface area (Å²) in [6.07, 6.45) is 0.382. The van der Waals surface area contributed by atoms with Gasteiger partial charge in [-0.15, -0.1) is 0 Å². The molecule has 0 radical (unpaired) electrons. The summed E-state index contributed by atoms with van der Waals surface area (Å²) in [5.74, 6) is -0.741. The monoisotopic (exact) mass is 487 g/mol. The number of nitrogens with zero attached hydrogens (tertiary/aromatic N) is 2. The smallest absolute Gasteiger partial charge is 0.269 e. The van der Waals surface area contributed by atoms with E-state index >= 15 is 0 Å². The molecule has 0 aromatic heterocycles. The molecule has 2 amide bonds. The first-order valence-corrected chi connectivity index (χ1v) is 12.0. The molecule has 7 heteroatoms. The highest BCUT2D eigenvalue weighted by Gasteiger charge is 2.41. The topological polar surface area (TPSA) is 73.2 Å². The van der Waals surface area contributed by atoms with Crippen LogP contribution >= 0.6 is 23.4 Å². The summed E-state index contributed by atoms with van der Waals surface area (Å²) in [4.78, 5) is 28.3.